The van der Waals surface area contributed by atoms with Crippen molar-refractivity contribution in [3.8, 4) is 11.1 Å². The number of ether oxygens (including phenoxy) is 1. The molecule has 1 aromatic carbocycles. The first-order valence-electron chi connectivity index (χ1n) is 6.81. The summed E-state index contributed by atoms with van der Waals surface area (Å²) in [6, 6.07) is 7.88. The maximum Gasteiger partial charge on any atom is 0.0593 e. The van der Waals surface area contributed by atoms with Crippen LogP contribution in [0, 0.1) is 0 Å². The third-order valence-electron chi connectivity index (χ3n) is 3.58. The Morgan fingerprint density at radius 2 is 2.11 bits per heavy atom. The van der Waals surface area contributed by atoms with Gasteiger partial charge in [0.2, 0.25) is 0 Å². The number of nitrogen functional groups attached to an aromatic ring is 1. The van der Waals surface area contributed by atoms with Gasteiger partial charge in [-0.3, -0.25) is 4.68 Å². The number of hydrogen-bond acceptors (Lipinski definition) is 3. The zero-order valence-corrected chi connectivity index (χ0v) is 11.0. The fourth-order valence-electron chi connectivity index (χ4n) is 2.46. The van der Waals surface area contributed by atoms with Crippen molar-refractivity contribution in [2.75, 3.05) is 12.3 Å². The van der Waals surface area contributed by atoms with Crippen LogP contribution in [0.4, 0.5) is 5.69 Å². The minimum atomic E-state index is 0.421. The Hall–Kier alpha value is -1.81. The second kappa shape index (κ2) is 5.45. The molecule has 0 spiro atoms. The summed E-state index contributed by atoms with van der Waals surface area (Å²) in [5, 5.41) is 4.41. The van der Waals surface area contributed by atoms with Crippen LogP contribution in [-0.4, -0.2) is 22.5 Å². The average molecular weight is 257 g/mol. The van der Waals surface area contributed by atoms with Gasteiger partial charge in [-0.1, -0.05) is 12.1 Å². The van der Waals surface area contributed by atoms with Crippen LogP contribution in [0.2, 0.25) is 0 Å². The number of anilines is 1. The van der Waals surface area contributed by atoms with E-state index >= 15 is 0 Å². The smallest absolute Gasteiger partial charge is 0.0593 e. The highest BCUT2D eigenvalue weighted by atomic mass is 16.5. The molecule has 1 saturated heterocycles. The fraction of sp³-hybridized carbons (Fsp3) is 0.400. The Balaban J connectivity index is 1.63. The lowest BCUT2D eigenvalue weighted by atomic mass is 10.1. The number of aryl methyl sites for hydroxylation is 1. The van der Waals surface area contributed by atoms with E-state index in [2.05, 4.69) is 11.3 Å². The van der Waals surface area contributed by atoms with E-state index in [9.17, 15) is 0 Å². The predicted octanol–water partition coefficient (Wildman–Crippen LogP) is 2.70. The summed E-state index contributed by atoms with van der Waals surface area (Å²) in [4.78, 5) is 0. The predicted molar refractivity (Wildman–Crippen MR) is 75.7 cm³/mol. The zero-order valence-electron chi connectivity index (χ0n) is 11.0. The highest BCUT2D eigenvalue weighted by Crippen LogP contribution is 2.20. The molecule has 0 radical (unpaired) electrons. The van der Waals surface area contributed by atoms with Crippen molar-refractivity contribution in [1.29, 1.82) is 0 Å². The molecule has 0 saturated carbocycles. The largest absolute Gasteiger partial charge is 0.399 e. The molecule has 0 bridgehead atoms. The molecule has 1 fully saturated rings. The van der Waals surface area contributed by atoms with Crippen LogP contribution in [0.25, 0.3) is 11.1 Å². The van der Waals surface area contributed by atoms with Crippen LogP contribution in [0.3, 0.4) is 0 Å². The maximum atomic E-state index is 5.69. The topological polar surface area (TPSA) is 53.1 Å². The number of rotatable bonds is 4. The number of benzene rings is 1. The molecule has 2 N–H and O–H groups in total. The first-order chi connectivity index (χ1) is 9.31. The Labute approximate surface area is 113 Å². The van der Waals surface area contributed by atoms with Crippen LogP contribution < -0.4 is 5.73 Å². The molecule has 4 nitrogen and oxygen atoms in total. The molecule has 1 aromatic heterocycles. The quantitative estimate of drug-likeness (QED) is 0.857. The molecule has 0 aliphatic carbocycles. The normalized spacial score (nSPS) is 18.8. The first-order valence-corrected chi connectivity index (χ1v) is 6.81. The second-order valence-electron chi connectivity index (χ2n) is 5.04. The molecule has 19 heavy (non-hydrogen) atoms. The van der Waals surface area contributed by atoms with Gasteiger partial charge in [0.25, 0.3) is 0 Å². The van der Waals surface area contributed by atoms with Gasteiger partial charge >= 0.3 is 0 Å². The van der Waals surface area contributed by atoms with Gasteiger partial charge in [-0.2, -0.15) is 5.10 Å². The van der Waals surface area contributed by atoms with Gasteiger partial charge in [0, 0.05) is 30.6 Å². The Morgan fingerprint density at radius 3 is 2.84 bits per heavy atom. The van der Waals surface area contributed by atoms with Crippen molar-refractivity contribution >= 4 is 5.69 Å². The summed E-state index contributed by atoms with van der Waals surface area (Å²) in [5.74, 6) is 0. The van der Waals surface area contributed by atoms with Crippen molar-refractivity contribution < 1.29 is 4.74 Å². The molecule has 3 rings (SSSR count). The summed E-state index contributed by atoms with van der Waals surface area (Å²) in [5.41, 5.74) is 8.76. The van der Waals surface area contributed by atoms with Crippen LogP contribution in [-0.2, 0) is 11.3 Å². The highest BCUT2D eigenvalue weighted by Gasteiger charge is 2.15. The van der Waals surface area contributed by atoms with Crippen molar-refractivity contribution in [2.24, 2.45) is 0 Å². The summed E-state index contributed by atoms with van der Waals surface area (Å²) < 4.78 is 7.62. The monoisotopic (exact) mass is 257 g/mol. The van der Waals surface area contributed by atoms with Crippen molar-refractivity contribution in [3.63, 3.8) is 0 Å². The first kappa shape index (κ1) is 12.2. The maximum absolute atomic E-state index is 5.69. The Morgan fingerprint density at radius 1 is 1.26 bits per heavy atom. The second-order valence-corrected chi connectivity index (χ2v) is 5.04. The molecule has 2 heterocycles. The van der Waals surface area contributed by atoms with Crippen LogP contribution in [0.1, 0.15) is 19.3 Å². The lowest BCUT2D eigenvalue weighted by Gasteiger charge is -2.08. The lowest BCUT2D eigenvalue weighted by molar-refractivity contribution is 0.0994. The van der Waals surface area contributed by atoms with E-state index in [4.69, 9.17) is 10.5 Å². The third-order valence-corrected chi connectivity index (χ3v) is 3.58. The molecule has 1 aliphatic heterocycles. The number of hydrogen-bond donors (Lipinski definition) is 1. The summed E-state index contributed by atoms with van der Waals surface area (Å²) in [6.07, 6.45) is 7.83. The Bertz CT molecular complexity index is 527. The summed E-state index contributed by atoms with van der Waals surface area (Å²) in [7, 11) is 0. The summed E-state index contributed by atoms with van der Waals surface area (Å²) in [6.45, 7) is 1.83. The minimum Gasteiger partial charge on any atom is -0.399 e. The van der Waals surface area contributed by atoms with Gasteiger partial charge in [-0.05, 0) is 37.0 Å². The highest BCUT2D eigenvalue weighted by molar-refractivity contribution is 5.63. The average Bonchev–Trinajstić information content (AvgIpc) is 3.09. The molecule has 2 aromatic rings. The van der Waals surface area contributed by atoms with E-state index in [0.717, 1.165) is 36.4 Å². The van der Waals surface area contributed by atoms with Gasteiger partial charge in [0.05, 0.1) is 12.3 Å². The standard InChI is InChI=1S/C15H19N3O/c16-14-5-3-12(4-6-14)13-10-17-18(11-13)8-7-15-2-1-9-19-15/h3-6,10-11,15H,1-2,7-9,16H2. The molecular weight excluding hydrogens is 238 g/mol. The van der Waals surface area contributed by atoms with E-state index in [1.165, 1.54) is 12.8 Å². The van der Waals surface area contributed by atoms with Gasteiger partial charge in [0.1, 0.15) is 0 Å². The molecule has 4 heteroatoms. The summed E-state index contributed by atoms with van der Waals surface area (Å²) >= 11 is 0. The molecule has 100 valence electrons. The van der Waals surface area contributed by atoms with Gasteiger partial charge in [-0.15, -0.1) is 0 Å². The third kappa shape index (κ3) is 2.96. The van der Waals surface area contributed by atoms with Gasteiger partial charge in [0.15, 0.2) is 0 Å². The van der Waals surface area contributed by atoms with Crippen LogP contribution in [0.5, 0.6) is 0 Å². The molecular formula is C15H19N3O. The molecule has 0 amide bonds. The number of nitrogens with two attached hydrogens (primary N) is 1. The van der Waals surface area contributed by atoms with Crippen LogP contribution in [0.15, 0.2) is 36.7 Å². The van der Waals surface area contributed by atoms with E-state index < -0.39 is 0 Å². The van der Waals surface area contributed by atoms with E-state index in [0.29, 0.717) is 6.10 Å². The van der Waals surface area contributed by atoms with Crippen molar-refractivity contribution in [2.45, 2.75) is 31.9 Å². The van der Waals surface area contributed by atoms with Crippen molar-refractivity contribution in [1.82, 2.24) is 9.78 Å². The molecule has 1 atom stereocenters. The van der Waals surface area contributed by atoms with E-state index in [-0.39, 0.29) is 0 Å². The van der Waals surface area contributed by atoms with Crippen molar-refractivity contribution in [3.05, 3.63) is 36.7 Å². The Kier molecular flexibility index (Phi) is 3.51. The fourth-order valence-corrected chi connectivity index (χ4v) is 2.46. The molecule has 1 aliphatic rings. The number of aromatic nitrogens is 2. The van der Waals surface area contributed by atoms with E-state index in [1.54, 1.807) is 0 Å². The van der Waals surface area contributed by atoms with Gasteiger partial charge in [-0.25, -0.2) is 0 Å². The SMILES string of the molecule is Nc1ccc(-c2cnn(CCC3CCCO3)c2)cc1. The molecule has 1 unspecified atom stereocenters. The van der Waals surface area contributed by atoms with Crippen LogP contribution >= 0.6 is 0 Å². The number of nitrogens with zero attached hydrogens (tertiary/aromatic N) is 2. The zero-order chi connectivity index (χ0) is 13.1. The van der Waals surface area contributed by atoms with E-state index in [1.807, 2.05) is 35.1 Å². The minimum absolute atomic E-state index is 0.421. The lowest BCUT2D eigenvalue weighted by Crippen LogP contribution is -2.10. The van der Waals surface area contributed by atoms with Gasteiger partial charge < -0.3 is 10.5 Å².